The number of carbonyl (C=O) groups excluding carboxylic acids is 2. The molecule has 4 aromatic heterocycles. The summed E-state index contributed by atoms with van der Waals surface area (Å²) in [7, 11) is 0. The zero-order valence-corrected chi connectivity index (χ0v) is 33.3. The van der Waals surface area contributed by atoms with Crippen LogP contribution in [-0.4, -0.2) is 31.5 Å². The number of rotatable bonds is 0. The molecule has 6 heteroatoms. The summed E-state index contributed by atoms with van der Waals surface area (Å²) in [6, 6.07) is 21.3. The van der Waals surface area contributed by atoms with Crippen LogP contribution in [0, 0.1) is 0 Å². The van der Waals surface area contributed by atoms with E-state index in [2.05, 4.69) is 58.5 Å². The van der Waals surface area contributed by atoms with Gasteiger partial charge in [-0.05, 0) is 111 Å². The largest absolute Gasteiger partial charge is 0.298 e. The molecule has 0 radical (unpaired) electrons. The van der Waals surface area contributed by atoms with Gasteiger partial charge in [0.25, 0.3) is 0 Å². The van der Waals surface area contributed by atoms with Crippen molar-refractivity contribution in [3.63, 3.8) is 0 Å². The van der Waals surface area contributed by atoms with E-state index < -0.39 is 0 Å². The molecular weight excluding hydrogens is 689 g/mol. The second-order valence-electron chi connectivity index (χ2n) is 17.7. The highest BCUT2D eigenvalue weighted by atomic mass is 16.1. The lowest BCUT2D eigenvalue weighted by molar-refractivity contribution is -0.131. The van der Waals surface area contributed by atoms with E-state index in [9.17, 15) is 9.59 Å². The lowest BCUT2D eigenvalue weighted by Gasteiger charge is -2.37. The minimum Gasteiger partial charge on any atom is -0.298 e. The molecule has 56 heavy (non-hydrogen) atoms. The van der Waals surface area contributed by atoms with Gasteiger partial charge in [0, 0.05) is 33.9 Å². The van der Waals surface area contributed by atoms with Crippen molar-refractivity contribution in [2.75, 3.05) is 0 Å². The average Bonchev–Trinajstić information content (AvgIpc) is 4.04. The standard InChI is InChI=1S/C25H26N2O.C23H22N2O.C2H6/c28-23-24(11-3-1-4-12-24)19-16-17-9-10-20-18(8-7-15-26-20)21(17)27-22(19)25(23)13-5-2-6-14-25;26-21-22(9-1-2-10-22)17-14-15-7-8-18-16(6-5-13-24-18)19(15)25-20(17)23(21)11-3-4-12-23;1-2/h7-10,15-16H,1-6,11-14H2;5-8,13-14H,1-4,9-12H2;1-2H3. The molecule has 0 saturated heterocycles. The third-order valence-corrected chi connectivity index (χ3v) is 15.1. The van der Waals surface area contributed by atoms with E-state index in [0.29, 0.717) is 11.6 Å². The molecule has 12 rings (SSSR count). The molecule has 0 atom stereocenters. The van der Waals surface area contributed by atoms with Crippen LogP contribution in [0.15, 0.2) is 73.1 Å². The molecule has 2 aromatic carbocycles. The summed E-state index contributed by atoms with van der Waals surface area (Å²) >= 11 is 0. The van der Waals surface area contributed by atoms with Crippen molar-refractivity contribution in [3.05, 3.63) is 95.6 Å². The molecule has 4 heterocycles. The van der Waals surface area contributed by atoms with Crippen LogP contribution >= 0.6 is 0 Å². The zero-order chi connectivity index (χ0) is 38.1. The Kier molecular flexibility index (Phi) is 8.65. The Balaban J connectivity index is 0.000000132. The Morgan fingerprint density at radius 2 is 0.804 bits per heavy atom. The topological polar surface area (TPSA) is 85.7 Å². The van der Waals surface area contributed by atoms with E-state index in [1.165, 1.54) is 49.7 Å². The van der Waals surface area contributed by atoms with E-state index in [1.54, 1.807) is 0 Å². The Morgan fingerprint density at radius 3 is 1.20 bits per heavy atom. The number of hydrogen-bond donors (Lipinski definition) is 0. The minimum atomic E-state index is -0.330. The zero-order valence-electron chi connectivity index (χ0n) is 33.3. The molecule has 6 aliphatic rings. The van der Waals surface area contributed by atoms with Gasteiger partial charge in [-0.2, -0.15) is 0 Å². The van der Waals surface area contributed by atoms with Gasteiger partial charge < -0.3 is 0 Å². The van der Waals surface area contributed by atoms with Gasteiger partial charge in [-0.15, -0.1) is 0 Å². The van der Waals surface area contributed by atoms with Crippen molar-refractivity contribution in [2.45, 2.75) is 151 Å². The summed E-state index contributed by atoms with van der Waals surface area (Å²) in [5.41, 5.74) is 7.63. The van der Waals surface area contributed by atoms with E-state index in [4.69, 9.17) is 9.97 Å². The molecule has 0 aliphatic heterocycles. The van der Waals surface area contributed by atoms with E-state index in [0.717, 1.165) is 132 Å². The van der Waals surface area contributed by atoms with E-state index in [-0.39, 0.29) is 21.7 Å². The molecular formula is C50H54N4O2. The van der Waals surface area contributed by atoms with Crippen molar-refractivity contribution < 1.29 is 9.59 Å². The van der Waals surface area contributed by atoms with Gasteiger partial charge in [-0.25, -0.2) is 0 Å². The lowest BCUT2D eigenvalue weighted by atomic mass is 9.64. The number of fused-ring (bicyclic) bond motifs is 12. The maximum absolute atomic E-state index is 14.1. The molecule has 6 aromatic rings. The fraction of sp³-hybridized carbons (Fsp3) is 0.480. The van der Waals surface area contributed by atoms with Crippen molar-refractivity contribution in [2.24, 2.45) is 0 Å². The quantitative estimate of drug-likeness (QED) is 0.144. The number of carbonyl (C=O) groups is 2. The maximum Gasteiger partial charge on any atom is 0.155 e. The normalized spacial score (nSPS) is 22.2. The summed E-state index contributed by atoms with van der Waals surface area (Å²) < 4.78 is 0. The van der Waals surface area contributed by atoms with Gasteiger partial charge in [0.2, 0.25) is 0 Å². The number of aromatic nitrogens is 4. The van der Waals surface area contributed by atoms with Crippen LogP contribution in [0.25, 0.3) is 43.6 Å². The molecule has 0 N–H and O–H groups in total. The van der Waals surface area contributed by atoms with Crippen LogP contribution in [0.4, 0.5) is 0 Å². The number of ketones is 2. The van der Waals surface area contributed by atoms with Crippen molar-refractivity contribution in [1.29, 1.82) is 0 Å². The highest BCUT2D eigenvalue weighted by Gasteiger charge is 2.63. The number of Topliss-reactive ketones (excluding diaryl/α,β-unsaturated/α-hetero) is 2. The van der Waals surface area contributed by atoms with Gasteiger partial charge in [-0.1, -0.05) is 90.2 Å². The monoisotopic (exact) mass is 742 g/mol. The number of benzene rings is 2. The number of nitrogens with zero attached hydrogens (tertiary/aromatic N) is 4. The third kappa shape index (κ3) is 4.92. The predicted molar refractivity (Wildman–Crippen MR) is 225 cm³/mol. The summed E-state index contributed by atoms with van der Waals surface area (Å²) in [5.74, 6) is 1.01. The molecule has 4 saturated carbocycles. The summed E-state index contributed by atoms with van der Waals surface area (Å²) in [5, 5.41) is 4.51. The van der Waals surface area contributed by atoms with Gasteiger partial charge in [0.15, 0.2) is 11.6 Å². The SMILES string of the molecule is CC.O=C1C2(CCCC2)c2cc3ccc4ncccc4c3nc2C12CCCC2.O=C1C2(CCCCC2)c2cc3ccc4ncccc4c3nc2C12CCCCC2. The first-order valence-corrected chi connectivity index (χ1v) is 22.0. The summed E-state index contributed by atoms with van der Waals surface area (Å²) in [4.78, 5) is 47.4. The highest BCUT2D eigenvalue weighted by Crippen LogP contribution is 2.60. The minimum absolute atomic E-state index is 0.245. The molecule has 4 spiro atoms. The van der Waals surface area contributed by atoms with Crippen LogP contribution in [0.2, 0.25) is 0 Å². The van der Waals surface area contributed by atoms with Gasteiger partial charge in [0.1, 0.15) is 0 Å². The smallest absolute Gasteiger partial charge is 0.155 e. The summed E-state index contributed by atoms with van der Waals surface area (Å²) in [6.07, 6.45) is 23.5. The first kappa shape index (κ1) is 35.8. The van der Waals surface area contributed by atoms with Gasteiger partial charge in [-0.3, -0.25) is 29.5 Å². The van der Waals surface area contributed by atoms with Crippen molar-refractivity contribution in [1.82, 2.24) is 19.9 Å². The van der Waals surface area contributed by atoms with Crippen LogP contribution in [0.5, 0.6) is 0 Å². The van der Waals surface area contributed by atoms with E-state index >= 15 is 0 Å². The predicted octanol–water partition coefficient (Wildman–Crippen LogP) is 11.8. The van der Waals surface area contributed by atoms with Gasteiger partial charge in [0.05, 0.1) is 55.1 Å². The number of pyridine rings is 4. The molecule has 286 valence electrons. The average molecular weight is 743 g/mol. The van der Waals surface area contributed by atoms with Crippen LogP contribution in [-0.2, 0) is 31.2 Å². The Hall–Kier alpha value is -4.58. The van der Waals surface area contributed by atoms with Crippen LogP contribution in [0.1, 0.15) is 152 Å². The second-order valence-corrected chi connectivity index (χ2v) is 17.7. The fourth-order valence-electron chi connectivity index (χ4n) is 12.6. The first-order chi connectivity index (χ1) is 27.5. The van der Waals surface area contributed by atoms with E-state index in [1.807, 2.05) is 38.4 Å². The van der Waals surface area contributed by atoms with Crippen molar-refractivity contribution >= 4 is 55.2 Å². The Morgan fingerprint density at radius 1 is 0.446 bits per heavy atom. The number of hydrogen-bond acceptors (Lipinski definition) is 6. The van der Waals surface area contributed by atoms with Crippen LogP contribution < -0.4 is 0 Å². The highest BCUT2D eigenvalue weighted by molar-refractivity contribution is 6.10. The Labute approximate surface area is 330 Å². The second kappa shape index (κ2) is 13.5. The first-order valence-electron chi connectivity index (χ1n) is 22.0. The molecule has 0 amide bonds. The molecule has 6 nitrogen and oxygen atoms in total. The molecule has 6 aliphatic carbocycles. The van der Waals surface area contributed by atoms with Crippen LogP contribution in [0.3, 0.4) is 0 Å². The Bertz CT molecular complexity index is 2530. The fourth-order valence-corrected chi connectivity index (χ4v) is 12.6. The maximum atomic E-state index is 14.1. The lowest BCUT2D eigenvalue weighted by Crippen LogP contribution is -2.44. The molecule has 4 fully saturated rings. The molecule has 0 unspecified atom stereocenters. The molecule has 0 bridgehead atoms. The van der Waals surface area contributed by atoms with Gasteiger partial charge >= 0.3 is 0 Å². The summed E-state index contributed by atoms with van der Waals surface area (Å²) in [6.45, 7) is 4.00. The third-order valence-electron chi connectivity index (χ3n) is 15.1. The van der Waals surface area contributed by atoms with Crippen molar-refractivity contribution in [3.8, 4) is 0 Å².